The Morgan fingerprint density at radius 1 is 1.78 bits per heavy atom. The quantitative estimate of drug-likeness (QED) is 0.551. The third kappa shape index (κ3) is 4.12. The number of aliphatic hydroxyl groups is 1. The first-order valence-corrected chi connectivity index (χ1v) is 2.97. The summed E-state index contributed by atoms with van der Waals surface area (Å²) in [5.41, 5.74) is 5.28. The second-order valence-corrected chi connectivity index (χ2v) is 2.33. The predicted molar refractivity (Wildman–Crippen MR) is 35.0 cm³/mol. The highest BCUT2D eigenvalue weighted by Gasteiger charge is 2.10. The van der Waals surface area contributed by atoms with E-state index in [0.29, 0.717) is 0 Å². The highest BCUT2D eigenvalue weighted by Crippen LogP contribution is 1.95. The molecule has 0 heterocycles. The molecule has 0 aromatic heterocycles. The van der Waals surface area contributed by atoms with E-state index in [1.165, 1.54) is 6.92 Å². The molecule has 0 rings (SSSR count). The average molecular weight is 131 g/mol. The first-order chi connectivity index (χ1) is 4.04. The third-order valence-corrected chi connectivity index (χ3v) is 1.10. The van der Waals surface area contributed by atoms with E-state index >= 15 is 0 Å². The molecule has 0 spiro atoms. The number of carbonyl (C=O) groups is 1. The first-order valence-electron chi connectivity index (χ1n) is 2.97. The summed E-state index contributed by atoms with van der Waals surface area (Å²) in [6.45, 7) is 3.11. The summed E-state index contributed by atoms with van der Waals surface area (Å²) in [5, 5.41) is 8.95. The van der Waals surface area contributed by atoms with Crippen molar-refractivity contribution in [1.82, 2.24) is 0 Å². The lowest BCUT2D eigenvalue weighted by Crippen LogP contribution is -2.32. The van der Waals surface area contributed by atoms with Gasteiger partial charge in [-0.05, 0) is 13.8 Å². The maximum absolute atomic E-state index is 10.3. The molecule has 0 aromatic carbocycles. The van der Waals surface area contributed by atoms with Crippen LogP contribution in [-0.4, -0.2) is 23.0 Å². The molecule has 3 N–H and O–H groups in total. The smallest absolute Gasteiger partial charge is 0.132 e. The molecular formula is C6H13NO2. The Morgan fingerprint density at radius 3 is 2.33 bits per heavy atom. The van der Waals surface area contributed by atoms with Crippen molar-refractivity contribution in [2.75, 3.05) is 0 Å². The van der Waals surface area contributed by atoms with Crippen molar-refractivity contribution < 1.29 is 9.90 Å². The maximum atomic E-state index is 10.3. The molecule has 3 heteroatoms. The minimum atomic E-state index is -0.678. The van der Waals surface area contributed by atoms with Crippen LogP contribution >= 0.6 is 0 Å². The lowest BCUT2D eigenvalue weighted by atomic mass is 10.1. The number of Topliss-reactive ketones (excluding diaryl/α,β-unsaturated/α-hetero) is 1. The minimum Gasteiger partial charge on any atom is -0.391 e. The number of aliphatic hydroxyl groups excluding tert-OH is 1. The van der Waals surface area contributed by atoms with Crippen molar-refractivity contribution in [2.45, 2.75) is 32.4 Å². The van der Waals surface area contributed by atoms with Gasteiger partial charge in [0.05, 0.1) is 6.10 Å². The Kier molecular flexibility index (Phi) is 3.42. The molecule has 0 fully saturated rings. The largest absolute Gasteiger partial charge is 0.391 e. The zero-order valence-corrected chi connectivity index (χ0v) is 5.79. The van der Waals surface area contributed by atoms with Crippen LogP contribution in [0.15, 0.2) is 0 Å². The van der Waals surface area contributed by atoms with Gasteiger partial charge in [0.1, 0.15) is 5.78 Å². The highest BCUT2D eigenvalue weighted by molar-refractivity contribution is 5.76. The fraction of sp³-hybridized carbons (Fsp3) is 0.833. The van der Waals surface area contributed by atoms with Gasteiger partial charge in [-0.3, -0.25) is 4.79 Å². The normalized spacial score (nSPS) is 16.9. The van der Waals surface area contributed by atoms with Gasteiger partial charge in [0.25, 0.3) is 0 Å². The Balaban J connectivity index is 3.50. The van der Waals surface area contributed by atoms with Gasteiger partial charge in [0.15, 0.2) is 0 Å². The average Bonchev–Trinajstić information content (AvgIpc) is 1.63. The number of nitrogens with two attached hydrogens (primary N) is 1. The second-order valence-electron chi connectivity index (χ2n) is 2.33. The van der Waals surface area contributed by atoms with Crippen LogP contribution in [-0.2, 0) is 4.79 Å². The number of rotatable bonds is 3. The van der Waals surface area contributed by atoms with Crippen molar-refractivity contribution >= 4 is 5.78 Å². The van der Waals surface area contributed by atoms with Crippen LogP contribution in [0.3, 0.4) is 0 Å². The summed E-state index contributed by atoms with van der Waals surface area (Å²) in [6.07, 6.45) is -0.514. The summed E-state index contributed by atoms with van der Waals surface area (Å²) in [4.78, 5) is 10.3. The van der Waals surface area contributed by atoms with Crippen molar-refractivity contribution in [2.24, 2.45) is 5.73 Å². The van der Waals surface area contributed by atoms with Gasteiger partial charge in [-0.15, -0.1) is 0 Å². The van der Waals surface area contributed by atoms with E-state index < -0.39 is 6.10 Å². The topological polar surface area (TPSA) is 63.3 Å². The van der Waals surface area contributed by atoms with Crippen LogP contribution in [0.5, 0.6) is 0 Å². The van der Waals surface area contributed by atoms with Gasteiger partial charge >= 0.3 is 0 Å². The lowest BCUT2D eigenvalue weighted by molar-refractivity contribution is -0.119. The monoisotopic (exact) mass is 131 g/mol. The van der Waals surface area contributed by atoms with Gasteiger partial charge in [-0.1, -0.05) is 0 Å². The third-order valence-electron chi connectivity index (χ3n) is 1.10. The summed E-state index contributed by atoms with van der Waals surface area (Å²) in [7, 11) is 0. The maximum Gasteiger partial charge on any atom is 0.132 e. The van der Waals surface area contributed by atoms with Gasteiger partial charge < -0.3 is 10.8 Å². The Bertz CT molecular complexity index is 101. The molecule has 2 unspecified atom stereocenters. The minimum absolute atomic E-state index is 0.0280. The molecule has 0 aliphatic heterocycles. The molecular weight excluding hydrogens is 118 g/mol. The molecule has 0 amide bonds. The second kappa shape index (κ2) is 3.58. The summed E-state index contributed by atoms with van der Waals surface area (Å²) >= 11 is 0. The first kappa shape index (κ1) is 8.59. The molecule has 2 atom stereocenters. The van der Waals surface area contributed by atoms with Crippen molar-refractivity contribution in [1.29, 1.82) is 0 Å². The lowest BCUT2D eigenvalue weighted by Gasteiger charge is -2.11. The summed E-state index contributed by atoms with van der Waals surface area (Å²) in [5.74, 6) is -0.0280. The van der Waals surface area contributed by atoms with E-state index in [2.05, 4.69) is 0 Å². The van der Waals surface area contributed by atoms with Gasteiger partial charge in [0, 0.05) is 12.5 Å². The van der Waals surface area contributed by atoms with E-state index in [1.54, 1.807) is 6.92 Å². The molecule has 9 heavy (non-hydrogen) atoms. The van der Waals surface area contributed by atoms with E-state index in [0.717, 1.165) is 0 Å². The molecule has 0 aliphatic rings. The molecule has 0 aromatic rings. The molecule has 0 aliphatic carbocycles. The van der Waals surface area contributed by atoms with E-state index in [9.17, 15) is 4.79 Å². The van der Waals surface area contributed by atoms with Crippen molar-refractivity contribution in [3.05, 3.63) is 0 Å². The molecule has 0 bridgehead atoms. The Hall–Kier alpha value is -0.410. The number of hydrogen-bond donors (Lipinski definition) is 2. The van der Waals surface area contributed by atoms with Gasteiger partial charge in [-0.2, -0.15) is 0 Å². The van der Waals surface area contributed by atoms with Crippen molar-refractivity contribution in [3.63, 3.8) is 0 Å². The highest BCUT2D eigenvalue weighted by atomic mass is 16.3. The predicted octanol–water partition coefficient (Wildman–Crippen LogP) is -0.326. The van der Waals surface area contributed by atoms with Crippen molar-refractivity contribution in [3.8, 4) is 0 Å². The standard InChI is InChI=1S/C6H13NO2/c1-4(8)3-6(9)5(2)7/h5-6,9H,3,7H2,1-2H3. The summed E-state index contributed by atoms with van der Waals surface area (Å²) in [6, 6.07) is -0.311. The number of carbonyl (C=O) groups excluding carboxylic acids is 1. The summed E-state index contributed by atoms with van der Waals surface area (Å²) < 4.78 is 0. The number of hydrogen-bond acceptors (Lipinski definition) is 3. The van der Waals surface area contributed by atoms with E-state index in [1.807, 2.05) is 0 Å². The van der Waals surface area contributed by atoms with Crippen LogP contribution in [0.1, 0.15) is 20.3 Å². The van der Waals surface area contributed by atoms with Crippen LogP contribution < -0.4 is 5.73 Å². The van der Waals surface area contributed by atoms with Crippen LogP contribution in [0, 0.1) is 0 Å². The molecule has 0 saturated heterocycles. The van der Waals surface area contributed by atoms with Gasteiger partial charge in [-0.25, -0.2) is 0 Å². The fourth-order valence-electron chi connectivity index (χ4n) is 0.480. The van der Waals surface area contributed by atoms with Crippen LogP contribution in [0.25, 0.3) is 0 Å². The zero-order valence-electron chi connectivity index (χ0n) is 5.79. The molecule has 3 nitrogen and oxygen atoms in total. The fourth-order valence-corrected chi connectivity index (χ4v) is 0.480. The number of ketones is 1. The zero-order chi connectivity index (χ0) is 7.44. The molecule has 0 radical (unpaired) electrons. The van der Waals surface area contributed by atoms with E-state index in [4.69, 9.17) is 10.8 Å². The van der Waals surface area contributed by atoms with E-state index in [-0.39, 0.29) is 18.2 Å². The van der Waals surface area contributed by atoms with Crippen LogP contribution in [0.2, 0.25) is 0 Å². The Labute approximate surface area is 54.9 Å². The SMILES string of the molecule is CC(=O)CC(O)C(C)N. The molecule has 54 valence electrons. The Morgan fingerprint density at radius 2 is 2.22 bits per heavy atom. The molecule has 0 saturated carbocycles. The van der Waals surface area contributed by atoms with Crippen LogP contribution in [0.4, 0.5) is 0 Å². The van der Waals surface area contributed by atoms with Gasteiger partial charge in [0.2, 0.25) is 0 Å².